The lowest BCUT2D eigenvalue weighted by Gasteiger charge is -2.01. The molecular weight excluding hydrogens is 164 g/mol. The van der Waals surface area contributed by atoms with Crippen molar-refractivity contribution in [2.24, 2.45) is 5.73 Å². The lowest BCUT2D eigenvalue weighted by Crippen LogP contribution is -2.11. The predicted molar refractivity (Wildman–Crippen MR) is 51.3 cm³/mol. The fraction of sp³-hybridized carbons (Fsp3) is 0.333. The van der Waals surface area contributed by atoms with Crippen molar-refractivity contribution >= 4 is 11.2 Å². The molecule has 4 nitrogen and oxygen atoms in total. The molecule has 2 rings (SSSR count). The number of rotatable bonds is 2. The summed E-state index contributed by atoms with van der Waals surface area (Å²) in [6, 6.07) is 3.85. The first-order valence-corrected chi connectivity index (χ1v) is 4.31. The number of pyridine rings is 1. The number of hydrogen-bond acceptors (Lipinski definition) is 3. The molecule has 0 fully saturated rings. The molecule has 0 atom stereocenters. The quantitative estimate of drug-likeness (QED) is 0.732. The van der Waals surface area contributed by atoms with E-state index in [-0.39, 0.29) is 0 Å². The summed E-state index contributed by atoms with van der Waals surface area (Å²) in [7, 11) is 0. The van der Waals surface area contributed by atoms with E-state index in [0.29, 0.717) is 6.54 Å². The van der Waals surface area contributed by atoms with Gasteiger partial charge in [-0.05, 0) is 19.1 Å². The summed E-state index contributed by atoms with van der Waals surface area (Å²) in [5.74, 6) is 0.971. The van der Waals surface area contributed by atoms with Crippen LogP contribution >= 0.6 is 0 Å². The first kappa shape index (κ1) is 8.19. The van der Waals surface area contributed by atoms with Crippen molar-refractivity contribution in [2.45, 2.75) is 13.5 Å². The van der Waals surface area contributed by atoms with Crippen molar-refractivity contribution in [3.8, 4) is 0 Å². The van der Waals surface area contributed by atoms with Gasteiger partial charge in [0.2, 0.25) is 0 Å². The second-order valence-corrected chi connectivity index (χ2v) is 2.95. The Morgan fingerprint density at radius 2 is 2.38 bits per heavy atom. The third-order valence-corrected chi connectivity index (χ3v) is 2.05. The van der Waals surface area contributed by atoms with Gasteiger partial charge in [-0.3, -0.25) is 0 Å². The minimum atomic E-state index is 0.614. The number of imidazole rings is 1. The lowest BCUT2D eigenvalue weighted by molar-refractivity contribution is 0.698. The number of hydrogen-bond donors (Lipinski definition) is 1. The van der Waals surface area contributed by atoms with E-state index >= 15 is 0 Å². The van der Waals surface area contributed by atoms with E-state index in [1.165, 1.54) is 0 Å². The minimum Gasteiger partial charge on any atom is -0.329 e. The maximum absolute atomic E-state index is 5.50. The molecule has 0 aliphatic heterocycles. The fourth-order valence-corrected chi connectivity index (χ4v) is 1.47. The molecule has 0 saturated heterocycles. The van der Waals surface area contributed by atoms with Crippen molar-refractivity contribution in [3.05, 3.63) is 24.2 Å². The third-order valence-electron chi connectivity index (χ3n) is 2.05. The molecule has 0 spiro atoms. The fourth-order valence-electron chi connectivity index (χ4n) is 1.47. The standard InChI is InChI=1S/C9H12N4/c1-7-12-8-3-2-5-11-9(8)13(7)6-4-10/h2-3,5H,4,6,10H2,1H3. The normalized spacial score (nSPS) is 10.9. The first-order chi connectivity index (χ1) is 6.33. The van der Waals surface area contributed by atoms with Crippen molar-refractivity contribution in [2.75, 3.05) is 6.54 Å². The SMILES string of the molecule is Cc1nc2cccnc2n1CCN. The number of aromatic nitrogens is 3. The van der Waals surface area contributed by atoms with Gasteiger partial charge in [0.15, 0.2) is 5.65 Å². The van der Waals surface area contributed by atoms with Gasteiger partial charge in [0.25, 0.3) is 0 Å². The predicted octanol–water partition coefficient (Wildman–Crippen LogP) is 0.698. The Labute approximate surface area is 76.4 Å². The third kappa shape index (κ3) is 1.29. The highest BCUT2D eigenvalue weighted by molar-refractivity contribution is 5.70. The van der Waals surface area contributed by atoms with Crippen LogP contribution in [0.5, 0.6) is 0 Å². The van der Waals surface area contributed by atoms with Crippen LogP contribution in [0.4, 0.5) is 0 Å². The zero-order valence-electron chi connectivity index (χ0n) is 7.57. The molecule has 68 valence electrons. The van der Waals surface area contributed by atoms with Gasteiger partial charge in [0.1, 0.15) is 11.3 Å². The molecule has 0 unspecified atom stereocenters. The second-order valence-electron chi connectivity index (χ2n) is 2.95. The molecule has 0 amide bonds. The minimum absolute atomic E-state index is 0.614. The van der Waals surface area contributed by atoms with Crippen molar-refractivity contribution in [3.63, 3.8) is 0 Å². The summed E-state index contributed by atoms with van der Waals surface area (Å²) in [5.41, 5.74) is 7.36. The smallest absolute Gasteiger partial charge is 0.160 e. The van der Waals surface area contributed by atoms with Crippen LogP contribution in [0.2, 0.25) is 0 Å². The summed E-state index contributed by atoms with van der Waals surface area (Å²) < 4.78 is 2.04. The Bertz CT molecular complexity index is 418. The molecule has 0 aliphatic rings. The van der Waals surface area contributed by atoms with Crippen molar-refractivity contribution in [1.82, 2.24) is 14.5 Å². The van der Waals surface area contributed by atoms with E-state index in [1.807, 2.05) is 23.6 Å². The summed E-state index contributed by atoms with van der Waals surface area (Å²) >= 11 is 0. The Hall–Kier alpha value is -1.42. The van der Waals surface area contributed by atoms with Crippen LogP contribution in [0.3, 0.4) is 0 Å². The van der Waals surface area contributed by atoms with Crippen LogP contribution in [0.25, 0.3) is 11.2 Å². The topological polar surface area (TPSA) is 56.7 Å². The highest BCUT2D eigenvalue weighted by atomic mass is 15.1. The molecule has 4 heteroatoms. The Morgan fingerprint density at radius 1 is 1.54 bits per heavy atom. The van der Waals surface area contributed by atoms with Crippen LogP contribution in [0, 0.1) is 6.92 Å². The summed E-state index contributed by atoms with van der Waals surface area (Å²) in [6.45, 7) is 3.36. The van der Waals surface area contributed by atoms with E-state index in [2.05, 4.69) is 9.97 Å². The van der Waals surface area contributed by atoms with Gasteiger partial charge in [0.05, 0.1) is 0 Å². The van der Waals surface area contributed by atoms with Crippen LogP contribution in [-0.4, -0.2) is 21.1 Å². The van der Waals surface area contributed by atoms with E-state index in [1.54, 1.807) is 6.20 Å². The molecule has 2 aromatic rings. The Balaban J connectivity index is 2.64. The van der Waals surface area contributed by atoms with E-state index in [9.17, 15) is 0 Å². The van der Waals surface area contributed by atoms with Crippen LogP contribution < -0.4 is 5.73 Å². The van der Waals surface area contributed by atoms with E-state index in [0.717, 1.165) is 23.5 Å². The van der Waals surface area contributed by atoms with Gasteiger partial charge >= 0.3 is 0 Å². The molecule has 0 radical (unpaired) electrons. The highest BCUT2D eigenvalue weighted by Gasteiger charge is 2.05. The van der Waals surface area contributed by atoms with Gasteiger partial charge in [-0.2, -0.15) is 0 Å². The van der Waals surface area contributed by atoms with Crippen LogP contribution in [0.1, 0.15) is 5.82 Å². The maximum Gasteiger partial charge on any atom is 0.160 e. The zero-order chi connectivity index (χ0) is 9.26. The largest absolute Gasteiger partial charge is 0.329 e. The molecule has 13 heavy (non-hydrogen) atoms. The number of nitrogens with zero attached hydrogens (tertiary/aromatic N) is 3. The van der Waals surface area contributed by atoms with Gasteiger partial charge in [-0.1, -0.05) is 0 Å². The summed E-state index contributed by atoms with van der Waals surface area (Å²) in [6.07, 6.45) is 1.77. The first-order valence-electron chi connectivity index (χ1n) is 4.31. The monoisotopic (exact) mass is 176 g/mol. The second kappa shape index (κ2) is 3.14. The number of nitrogens with two attached hydrogens (primary N) is 1. The lowest BCUT2D eigenvalue weighted by atomic mass is 10.4. The molecular formula is C9H12N4. The Kier molecular flexibility index (Phi) is 1.98. The van der Waals surface area contributed by atoms with Crippen molar-refractivity contribution in [1.29, 1.82) is 0 Å². The molecule has 0 aliphatic carbocycles. The van der Waals surface area contributed by atoms with Crippen LogP contribution in [0.15, 0.2) is 18.3 Å². The average Bonchev–Trinajstić information content (AvgIpc) is 2.44. The van der Waals surface area contributed by atoms with Crippen molar-refractivity contribution < 1.29 is 0 Å². The average molecular weight is 176 g/mol. The Morgan fingerprint density at radius 3 is 3.15 bits per heavy atom. The van der Waals surface area contributed by atoms with E-state index in [4.69, 9.17) is 5.73 Å². The van der Waals surface area contributed by atoms with Gasteiger partial charge < -0.3 is 10.3 Å². The molecule has 2 N–H and O–H groups in total. The molecule has 0 bridgehead atoms. The number of fused-ring (bicyclic) bond motifs is 1. The van der Waals surface area contributed by atoms with Gasteiger partial charge in [-0.15, -0.1) is 0 Å². The van der Waals surface area contributed by atoms with E-state index < -0.39 is 0 Å². The summed E-state index contributed by atoms with van der Waals surface area (Å²) in [4.78, 5) is 8.64. The number of aryl methyl sites for hydroxylation is 1. The molecule has 0 saturated carbocycles. The van der Waals surface area contributed by atoms with Crippen LogP contribution in [-0.2, 0) is 6.54 Å². The maximum atomic E-state index is 5.50. The molecule has 2 aromatic heterocycles. The molecule has 2 heterocycles. The van der Waals surface area contributed by atoms with Gasteiger partial charge in [0, 0.05) is 19.3 Å². The highest BCUT2D eigenvalue weighted by Crippen LogP contribution is 2.11. The zero-order valence-corrected chi connectivity index (χ0v) is 7.57. The van der Waals surface area contributed by atoms with Gasteiger partial charge in [-0.25, -0.2) is 9.97 Å². The summed E-state index contributed by atoms with van der Waals surface area (Å²) in [5, 5.41) is 0. The molecule has 0 aromatic carbocycles.